The molecule has 5 heteroatoms. The Morgan fingerprint density at radius 1 is 1.29 bits per heavy atom. The average molecular weight is 313 g/mol. The topological polar surface area (TPSA) is 46.5 Å². The van der Waals surface area contributed by atoms with Crippen molar-refractivity contribution in [1.29, 1.82) is 0 Å². The van der Waals surface area contributed by atoms with Gasteiger partial charge in [-0.05, 0) is 51.6 Å². The lowest BCUT2D eigenvalue weighted by molar-refractivity contribution is 0.0697. The molecule has 0 spiro atoms. The maximum Gasteiger partial charge on any atom is 0.335 e. The lowest BCUT2D eigenvalue weighted by Crippen LogP contribution is -1.97. The fraction of sp³-hybridized carbons (Fsp3) is 0.0833. The van der Waals surface area contributed by atoms with E-state index >= 15 is 0 Å². The first-order valence-corrected chi connectivity index (χ1v) is 6.52. The summed E-state index contributed by atoms with van der Waals surface area (Å²) in [6.45, 7) is 0.477. The summed E-state index contributed by atoms with van der Waals surface area (Å²) in [5, 5.41) is 10.7. The summed E-state index contributed by atoms with van der Waals surface area (Å²) in [5.74, 6) is -0.271. The molecule has 0 fully saturated rings. The number of carboxylic acid groups (broad SMARTS) is 1. The van der Waals surface area contributed by atoms with Gasteiger partial charge in [-0.3, -0.25) is 0 Å². The van der Waals surface area contributed by atoms with Gasteiger partial charge in [-0.15, -0.1) is 11.3 Å². The van der Waals surface area contributed by atoms with Crippen LogP contribution in [-0.4, -0.2) is 11.1 Å². The van der Waals surface area contributed by atoms with Gasteiger partial charge in [0, 0.05) is 4.47 Å². The summed E-state index contributed by atoms with van der Waals surface area (Å²) >= 11 is 5.03. The molecule has 0 aliphatic heterocycles. The molecule has 1 heterocycles. The third-order valence-corrected chi connectivity index (χ3v) is 4.06. The minimum atomic E-state index is -0.933. The van der Waals surface area contributed by atoms with Crippen LogP contribution in [0.15, 0.2) is 40.2 Å². The molecule has 0 amide bonds. The van der Waals surface area contributed by atoms with E-state index in [1.54, 1.807) is 23.5 Å². The van der Waals surface area contributed by atoms with Gasteiger partial charge in [0.25, 0.3) is 0 Å². The molecule has 2 rings (SSSR count). The van der Waals surface area contributed by atoms with Crippen LogP contribution < -0.4 is 4.74 Å². The van der Waals surface area contributed by atoms with Crippen molar-refractivity contribution in [1.82, 2.24) is 0 Å². The zero-order chi connectivity index (χ0) is 12.3. The number of carbonyl (C=O) groups is 1. The summed E-state index contributed by atoms with van der Waals surface area (Å²) in [5.41, 5.74) is 0.259. The molecular weight excluding hydrogens is 304 g/mol. The van der Waals surface area contributed by atoms with Crippen LogP contribution in [0.25, 0.3) is 0 Å². The van der Waals surface area contributed by atoms with E-state index in [9.17, 15) is 4.79 Å². The number of halogens is 1. The first kappa shape index (κ1) is 12.1. The van der Waals surface area contributed by atoms with E-state index in [0.717, 1.165) is 9.35 Å². The number of aromatic carboxylic acids is 1. The van der Waals surface area contributed by atoms with Crippen LogP contribution in [0.3, 0.4) is 0 Å². The SMILES string of the molecule is O=C(O)c1ccc(OCc2sccc2Br)cc1. The molecule has 0 unspecified atom stereocenters. The average Bonchev–Trinajstić information content (AvgIpc) is 2.73. The second-order valence-electron chi connectivity index (χ2n) is 3.31. The summed E-state index contributed by atoms with van der Waals surface area (Å²) in [6, 6.07) is 8.34. The van der Waals surface area contributed by atoms with Crippen molar-refractivity contribution in [3.63, 3.8) is 0 Å². The Hall–Kier alpha value is -1.33. The molecule has 3 nitrogen and oxygen atoms in total. The first-order valence-electron chi connectivity index (χ1n) is 4.85. The summed E-state index contributed by atoms with van der Waals surface area (Å²) in [6.07, 6.45) is 0. The zero-order valence-electron chi connectivity index (χ0n) is 8.72. The Balaban J connectivity index is 2.00. The lowest BCUT2D eigenvalue weighted by atomic mass is 10.2. The van der Waals surface area contributed by atoms with Crippen LogP contribution >= 0.6 is 27.3 Å². The molecule has 0 aliphatic carbocycles. The van der Waals surface area contributed by atoms with E-state index in [0.29, 0.717) is 12.4 Å². The van der Waals surface area contributed by atoms with Crippen molar-refractivity contribution in [2.45, 2.75) is 6.61 Å². The van der Waals surface area contributed by atoms with E-state index in [-0.39, 0.29) is 5.56 Å². The van der Waals surface area contributed by atoms with Gasteiger partial charge >= 0.3 is 5.97 Å². The van der Waals surface area contributed by atoms with E-state index < -0.39 is 5.97 Å². The van der Waals surface area contributed by atoms with Gasteiger partial charge in [0.05, 0.1) is 10.4 Å². The van der Waals surface area contributed by atoms with E-state index in [2.05, 4.69) is 15.9 Å². The zero-order valence-corrected chi connectivity index (χ0v) is 11.1. The standard InChI is InChI=1S/C12H9BrO3S/c13-10-5-6-17-11(10)7-16-9-3-1-8(2-4-9)12(14)15/h1-6H,7H2,(H,14,15). The number of hydrogen-bond donors (Lipinski definition) is 1. The molecule has 0 aliphatic rings. The van der Waals surface area contributed by atoms with Gasteiger partial charge < -0.3 is 9.84 Å². The maximum absolute atomic E-state index is 10.7. The van der Waals surface area contributed by atoms with Gasteiger partial charge in [-0.25, -0.2) is 4.79 Å². The smallest absolute Gasteiger partial charge is 0.335 e. The molecule has 0 radical (unpaired) electrons. The van der Waals surface area contributed by atoms with Crippen LogP contribution in [0.4, 0.5) is 0 Å². The van der Waals surface area contributed by atoms with Gasteiger partial charge in [-0.2, -0.15) is 0 Å². The Morgan fingerprint density at radius 3 is 2.53 bits per heavy atom. The van der Waals surface area contributed by atoms with Crippen LogP contribution in [0.5, 0.6) is 5.75 Å². The number of benzene rings is 1. The minimum absolute atomic E-state index is 0.259. The highest BCUT2D eigenvalue weighted by atomic mass is 79.9. The molecule has 1 aromatic carbocycles. The number of rotatable bonds is 4. The molecule has 0 bridgehead atoms. The first-order chi connectivity index (χ1) is 8.16. The van der Waals surface area contributed by atoms with E-state index in [1.807, 2.05) is 11.4 Å². The quantitative estimate of drug-likeness (QED) is 0.934. The largest absolute Gasteiger partial charge is 0.488 e. The molecule has 1 aromatic heterocycles. The van der Waals surface area contributed by atoms with Crippen molar-refractivity contribution < 1.29 is 14.6 Å². The maximum atomic E-state index is 10.7. The summed E-state index contributed by atoms with van der Waals surface area (Å²) in [7, 11) is 0. The highest BCUT2D eigenvalue weighted by Gasteiger charge is 2.04. The molecule has 2 aromatic rings. The Kier molecular flexibility index (Phi) is 3.81. The number of carboxylic acids is 1. The van der Waals surface area contributed by atoms with Gasteiger partial charge in [0.15, 0.2) is 0 Å². The second kappa shape index (κ2) is 5.33. The Morgan fingerprint density at radius 2 is 2.00 bits per heavy atom. The molecule has 0 atom stereocenters. The van der Waals surface area contributed by atoms with E-state index in [4.69, 9.17) is 9.84 Å². The molecule has 17 heavy (non-hydrogen) atoms. The van der Waals surface area contributed by atoms with Crippen molar-refractivity contribution in [3.8, 4) is 5.75 Å². The summed E-state index contributed by atoms with van der Waals surface area (Å²) < 4.78 is 6.59. The predicted molar refractivity (Wildman–Crippen MR) is 69.8 cm³/mol. The fourth-order valence-corrected chi connectivity index (χ4v) is 2.65. The minimum Gasteiger partial charge on any atom is -0.488 e. The van der Waals surface area contributed by atoms with Gasteiger partial charge in [0.1, 0.15) is 12.4 Å². The number of thiophene rings is 1. The van der Waals surface area contributed by atoms with E-state index in [1.165, 1.54) is 12.1 Å². The van der Waals surface area contributed by atoms with Gasteiger partial charge in [0.2, 0.25) is 0 Å². The number of hydrogen-bond acceptors (Lipinski definition) is 3. The third kappa shape index (κ3) is 3.08. The van der Waals surface area contributed by atoms with Crippen LogP contribution in [0.1, 0.15) is 15.2 Å². The van der Waals surface area contributed by atoms with Gasteiger partial charge in [-0.1, -0.05) is 0 Å². The molecule has 0 saturated heterocycles. The fourth-order valence-electron chi connectivity index (χ4n) is 1.27. The molecule has 0 saturated carbocycles. The number of ether oxygens (including phenoxy) is 1. The Labute approximate surface area is 111 Å². The normalized spacial score (nSPS) is 10.2. The predicted octanol–water partition coefficient (Wildman–Crippen LogP) is 3.79. The molecule has 1 N–H and O–H groups in total. The summed E-state index contributed by atoms with van der Waals surface area (Å²) in [4.78, 5) is 11.8. The van der Waals surface area contributed by atoms with Crippen LogP contribution in [0.2, 0.25) is 0 Å². The monoisotopic (exact) mass is 312 g/mol. The van der Waals surface area contributed by atoms with Crippen LogP contribution in [0, 0.1) is 0 Å². The van der Waals surface area contributed by atoms with Crippen molar-refractivity contribution in [2.75, 3.05) is 0 Å². The van der Waals surface area contributed by atoms with Crippen molar-refractivity contribution in [3.05, 3.63) is 50.6 Å². The van der Waals surface area contributed by atoms with Crippen molar-refractivity contribution in [2.24, 2.45) is 0 Å². The lowest BCUT2D eigenvalue weighted by Gasteiger charge is -2.05. The Bertz CT molecular complexity index is 519. The third-order valence-electron chi connectivity index (χ3n) is 2.16. The van der Waals surface area contributed by atoms with Crippen molar-refractivity contribution >= 4 is 33.2 Å². The second-order valence-corrected chi connectivity index (χ2v) is 5.16. The molecule has 88 valence electrons. The molecular formula is C12H9BrO3S. The highest BCUT2D eigenvalue weighted by Crippen LogP contribution is 2.24. The van der Waals surface area contributed by atoms with Crippen LogP contribution in [-0.2, 0) is 6.61 Å². The highest BCUT2D eigenvalue weighted by molar-refractivity contribution is 9.10.